The average molecular weight is 330 g/mol. The molecule has 6 heteroatoms. The Hall–Kier alpha value is -2.57. The quantitative estimate of drug-likeness (QED) is 0.520. The Kier molecular flexibility index (Phi) is 7.07. The number of hydrogen-bond donors (Lipinski definition) is 4. The van der Waals surface area contributed by atoms with E-state index in [1.54, 1.807) is 24.3 Å². The van der Waals surface area contributed by atoms with E-state index in [4.69, 9.17) is 9.84 Å². The number of carbonyl (C=O) groups is 1. The third-order valence-electron chi connectivity index (χ3n) is 3.31. The molecule has 1 unspecified atom stereocenters. The maximum Gasteiger partial charge on any atom is 0.253 e. The molecule has 0 bridgehead atoms. The Labute approximate surface area is 141 Å². The van der Waals surface area contributed by atoms with Crippen molar-refractivity contribution < 1.29 is 19.7 Å². The zero-order valence-electron chi connectivity index (χ0n) is 13.3. The number of carbonyl (C=O) groups excluding carboxylic acids is 1. The molecule has 0 radical (unpaired) electrons. The van der Waals surface area contributed by atoms with Crippen LogP contribution in [-0.4, -0.2) is 48.5 Å². The third-order valence-corrected chi connectivity index (χ3v) is 3.31. The van der Waals surface area contributed by atoms with Gasteiger partial charge in [-0.1, -0.05) is 30.3 Å². The maximum atomic E-state index is 12.3. The Balaban J connectivity index is 1.83. The molecule has 0 heterocycles. The highest BCUT2D eigenvalue weighted by Crippen LogP contribution is 2.15. The molecular formula is C18H22N2O4. The van der Waals surface area contributed by atoms with Crippen LogP contribution in [0.3, 0.4) is 0 Å². The molecule has 2 aromatic rings. The van der Waals surface area contributed by atoms with Crippen molar-refractivity contribution in [3.8, 4) is 5.75 Å². The van der Waals surface area contributed by atoms with E-state index in [2.05, 4.69) is 10.6 Å². The number of amides is 1. The van der Waals surface area contributed by atoms with Crippen LogP contribution in [0.2, 0.25) is 0 Å². The standard InChI is InChI=1S/C18H22N2O4/c21-13-14(22)12-20-17-9-5-4-8-16(17)18(23)19-10-11-24-15-6-2-1-3-7-15/h1-9,14,20-22H,10-13H2,(H,19,23). The lowest BCUT2D eigenvalue weighted by Gasteiger charge is -2.14. The zero-order valence-corrected chi connectivity index (χ0v) is 13.3. The average Bonchev–Trinajstić information content (AvgIpc) is 2.64. The van der Waals surface area contributed by atoms with Crippen LogP contribution in [0, 0.1) is 0 Å². The summed E-state index contributed by atoms with van der Waals surface area (Å²) < 4.78 is 5.52. The Morgan fingerprint density at radius 3 is 2.54 bits per heavy atom. The van der Waals surface area contributed by atoms with Gasteiger partial charge in [-0.15, -0.1) is 0 Å². The number of ether oxygens (including phenoxy) is 1. The number of hydrogen-bond acceptors (Lipinski definition) is 5. The fourth-order valence-electron chi connectivity index (χ4n) is 2.07. The maximum absolute atomic E-state index is 12.3. The van der Waals surface area contributed by atoms with Crippen LogP contribution in [-0.2, 0) is 0 Å². The van der Waals surface area contributed by atoms with Gasteiger partial charge in [0, 0.05) is 12.2 Å². The Morgan fingerprint density at radius 2 is 1.79 bits per heavy atom. The minimum Gasteiger partial charge on any atom is -0.492 e. The fraction of sp³-hybridized carbons (Fsp3) is 0.278. The second kappa shape index (κ2) is 9.54. The summed E-state index contributed by atoms with van der Waals surface area (Å²) in [5.41, 5.74) is 1.08. The van der Waals surface area contributed by atoms with Crippen molar-refractivity contribution in [2.75, 3.05) is 31.6 Å². The van der Waals surface area contributed by atoms with Crippen molar-refractivity contribution in [1.29, 1.82) is 0 Å². The van der Waals surface area contributed by atoms with Crippen LogP contribution in [0.25, 0.3) is 0 Å². The lowest BCUT2D eigenvalue weighted by molar-refractivity contribution is 0.0946. The minimum absolute atomic E-state index is 0.165. The second-order valence-corrected chi connectivity index (χ2v) is 5.18. The van der Waals surface area contributed by atoms with Gasteiger partial charge in [-0.3, -0.25) is 4.79 Å². The van der Waals surface area contributed by atoms with Crippen molar-refractivity contribution >= 4 is 11.6 Å². The number of para-hydroxylation sites is 2. The van der Waals surface area contributed by atoms with E-state index in [-0.39, 0.29) is 19.1 Å². The van der Waals surface area contributed by atoms with Crippen LogP contribution in [0.1, 0.15) is 10.4 Å². The lowest BCUT2D eigenvalue weighted by atomic mass is 10.1. The molecule has 4 N–H and O–H groups in total. The first kappa shape index (κ1) is 17.8. The van der Waals surface area contributed by atoms with Crippen molar-refractivity contribution in [2.45, 2.75) is 6.10 Å². The molecule has 2 rings (SSSR count). The highest BCUT2D eigenvalue weighted by atomic mass is 16.5. The largest absolute Gasteiger partial charge is 0.492 e. The summed E-state index contributed by atoms with van der Waals surface area (Å²) in [6, 6.07) is 16.4. The van der Waals surface area contributed by atoms with Gasteiger partial charge < -0.3 is 25.6 Å². The zero-order chi connectivity index (χ0) is 17.2. The van der Waals surface area contributed by atoms with E-state index in [9.17, 15) is 9.90 Å². The van der Waals surface area contributed by atoms with Crippen molar-refractivity contribution in [3.05, 3.63) is 60.2 Å². The molecule has 1 atom stereocenters. The van der Waals surface area contributed by atoms with E-state index in [0.29, 0.717) is 24.4 Å². The van der Waals surface area contributed by atoms with Crippen LogP contribution >= 0.6 is 0 Å². The summed E-state index contributed by atoms with van der Waals surface area (Å²) in [6.07, 6.45) is -0.875. The molecule has 1 amide bonds. The molecule has 0 aromatic heterocycles. The predicted octanol–water partition coefficient (Wildman–Crippen LogP) is 1.26. The second-order valence-electron chi connectivity index (χ2n) is 5.18. The molecule has 128 valence electrons. The number of anilines is 1. The van der Waals surface area contributed by atoms with E-state index >= 15 is 0 Å². The first-order chi connectivity index (χ1) is 11.7. The van der Waals surface area contributed by atoms with Gasteiger partial charge in [0.25, 0.3) is 5.91 Å². The van der Waals surface area contributed by atoms with Crippen molar-refractivity contribution in [1.82, 2.24) is 5.32 Å². The van der Waals surface area contributed by atoms with Gasteiger partial charge in [0.15, 0.2) is 0 Å². The van der Waals surface area contributed by atoms with Crippen LogP contribution in [0.5, 0.6) is 5.75 Å². The topological polar surface area (TPSA) is 90.8 Å². The molecule has 6 nitrogen and oxygen atoms in total. The molecule has 0 aliphatic rings. The van der Waals surface area contributed by atoms with Gasteiger partial charge in [0.1, 0.15) is 12.4 Å². The first-order valence-electron chi connectivity index (χ1n) is 7.78. The van der Waals surface area contributed by atoms with Gasteiger partial charge in [-0.05, 0) is 24.3 Å². The van der Waals surface area contributed by atoms with Crippen LogP contribution in [0.15, 0.2) is 54.6 Å². The van der Waals surface area contributed by atoms with E-state index < -0.39 is 6.10 Å². The molecule has 0 saturated heterocycles. The summed E-state index contributed by atoms with van der Waals surface area (Å²) in [4.78, 5) is 12.3. The summed E-state index contributed by atoms with van der Waals surface area (Å²) in [5, 5.41) is 24.0. The first-order valence-corrected chi connectivity index (χ1v) is 7.78. The van der Waals surface area contributed by atoms with E-state index in [1.165, 1.54) is 0 Å². The summed E-state index contributed by atoms with van der Waals surface area (Å²) >= 11 is 0. The smallest absolute Gasteiger partial charge is 0.253 e. The fourth-order valence-corrected chi connectivity index (χ4v) is 2.07. The molecule has 0 aliphatic heterocycles. The lowest BCUT2D eigenvalue weighted by Crippen LogP contribution is -2.29. The summed E-state index contributed by atoms with van der Waals surface area (Å²) in [7, 11) is 0. The normalized spacial score (nSPS) is 11.6. The van der Waals surface area contributed by atoms with E-state index in [0.717, 1.165) is 5.75 Å². The molecule has 0 saturated carbocycles. The van der Waals surface area contributed by atoms with Gasteiger partial charge in [0.05, 0.1) is 24.8 Å². The minimum atomic E-state index is -0.875. The summed E-state index contributed by atoms with van der Waals surface area (Å²) in [6.45, 7) is 0.575. The number of aliphatic hydroxyl groups is 2. The predicted molar refractivity (Wildman–Crippen MR) is 92.3 cm³/mol. The van der Waals surface area contributed by atoms with Crippen LogP contribution < -0.4 is 15.4 Å². The number of rotatable bonds is 9. The SMILES string of the molecule is O=C(NCCOc1ccccc1)c1ccccc1NCC(O)CO. The van der Waals surface area contributed by atoms with Gasteiger partial charge >= 0.3 is 0 Å². The monoisotopic (exact) mass is 330 g/mol. The van der Waals surface area contributed by atoms with Gasteiger partial charge in [0.2, 0.25) is 0 Å². The Bertz CT molecular complexity index is 634. The Morgan fingerprint density at radius 1 is 1.08 bits per heavy atom. The molecule has 0 spiro atoms. The van der Waals surface area contributed by atoms with Crippen molar-refractivity contribution in [3.63, 3.8) is 0 Å². The number of benzene rings is 2. The number of nitrogens with one attached hydrogen (secondary N) is 2. The highest BCUT2D eigenvalue weighted by Gasteiger charge is 2.11. The molecule has 0 fully saturated rings. The number of aliphatic hydroxyl groups excluding tert-OH is 2. The van der Waals surface area contributed by atoms with Crippen molar-refractivity contribution in [2.24, 2.45) is 0 Å². The molecule has 0 aliphatic carbocycles. The van der Waals surface area contributed by atoms with E-state index in [1.807, 2.05) is 30.3 Å². The molecule has 2 aromatic carbocycles. The summed E-state index contributed by atoms with van der Waals surface area (Å²) in [5.74, 6) is 0.528. The van der Waals surface area contributed by atoms with Gasteiger partial charge in [-0.2, -0.15) is 0 Å². The van der Waals surface area contributed by atoms with Crippen LogP contribution in [0.4, 0.5) is 5.69 Å². The van der Waals surface area contributed by atoms with Gasteiger partial charge in [-0.25, -0.2) is 0 Å². The third kappa shape index (κ3) is 5.57. The molecule has 24 heavy (non-hydrogen) atoms. The molecular weight excluding hydrogens is 308 g/mol. The highest BCUT2D eigenvalue weighted by molar-refractivity contribution is 5.99.